The number of rotatable bonds is 5. The van der Waals surface area contributed by atoms with Crippen molar-refractivity contribution in [2.45, 2.75) is 56.4 Å². The maximum Gasteiger partial charge on any atom is 0.323 e. The molecule has 6 atom stereocenters. The molecule has 0 radical (unpaired) electrons. The maximum atomic E-state index is 11.1. The molecule has 116 valence electrons. The number of ether oxygens (including phenoxy) is 4. The van der Waals surface area contributed by atoms with E-state index < -0.39 is 48.5 Å². The first-order valence-corrected chi connectivity index (χ1v) is 6.42. The van der Waals surface area contributed by atoms with Crippen LogP contribution in [-0.2, 0) is 23.7 Å². The second-order valence-electron chi connectivity index (χ2n) is 5.36. The maximum absolute atomic E-state index is 11.1. The molecule has 20 heavy (non-hydrogen) atoms. The van der Waals surface area contributed by atoms with Crippen LogP contribution in [0.15, 0.2) is 0 Å². The van der Waals surface area contributed by atoms with Gasteiger partial charge in [-0.3, -0.25) is 4.79 Å². The second-order valence-corrected chi connectivity index (χ2v) is 5.36. The lowest BCUT2D eigenvalue weighted by molar-refractivity contribution is -0.238. The van der Waals surface area contributed by atoms with Crippen LogP contribution in [-0.4, -0.2) is 72.9 Å². The largest absolute Gasteiger partial charge is 0.480 e. The van der Waals surface area contributed by atoms with Crippen LogP contribution in [0.25, 0.3) is 0 Å². The molecule has 0 aliphatic carbocycles. The van der Waals surface area contributed by atoms with Crippen LogP contribution in [0.1, 0.15) is 13.8 Å². The minimum Gasteiger partial charge on any atom is -0.480 e. The molecule has 0 unspecified atom stereocenters. The smallest absolute Gasteiger partial charge is 0.323 e. The highest BCUT2D eigenvalue weighted by atomic mass is 16.8. The van der Waals surface area contributed by atoms with E-state index in [1.807, 2.05) is 0 Å². The Morgan fingerprint density at radius 2 is 1.95 bits per heavy atom. The first-order chi connectivity index (χ1) is 9.30. The summed E-state index contributed by atoms with van der Waals surface area (Å²) in [5.41, 5.74) is 0. The first kappa shape index (κ1) is 15.6. The molecule has 0 aromatic carbocycles. The average Bonchev–Trinajstić information content (AvgIpc) is 2.82. The van der Waals surface area contributed by atoms with Crippen LogP contribution in [0.5, 0.6) is 0 Å². The van der Waals surface area contributed by atoms with E-state index in [1.165, 1.54) is 14.2 Å². The topological polar surface area (TPSA) is 106 Å². The Bertz CT molecular complexity index is 375. The van der Waals surface area contributed by atoms with Crippen LogP contribution >= 0.6 is 0 Å². The van der Waals surface area contributed by atoms with Gasteiger partial charge in [0, 0.05) is 7.11 Å². The zero-order valence-corrected chi connectivity index (χ0v) is 11.9. The number of aliphatic hydroxyl groups is 1. The number of carboxylic acid groups (broad SMARTS) is 1. The highest BCUT2D eigenvalue weighted by molar-refractivity contribution is 5.74. The summed E-state index contributed by atoms with van der Waals surface area (Å²) in [6.07, 6.45) is -3.92. The van der Waals surface area contributed by atoms with E-state index in [0.29, 0.717) is 0 Å². The SMILES string of the molecule is CN[C@@H](C(=O)O)[C@@H](O)[C@H]1O[C@@H](OC)[C@@H]2OC(C)(C)O[C@H]12. The molecule has 2 saturated heterocycles. The van der Waals surface area contributed by atoms with Crippen LogP contribution in [0.3, 0.4) is 0 Å². The molecule has 0 bridgehead atoms. The summed E-state index contributed by atoms with van der Waals surface area (Å²) in [6.45, 7) is 3.49. The summed E-state index contributed by atoms with van der Waals surface area (Å²) in [6, 6.07) is -1.16. The molecule has 0 aromatic rings. The number of hydrogen-bond acceptors (Lipinski definition) is 7. The molecule has 0 amide bonds. The second kappa shape index (κ2) is 5.55. The van der Waals surface area contributed by atoms with Gasteiger partial charge in [-0.2, -0.15) is 0 Å². The van der Waals surface area contributed by atoms with Crippen LogP contribution in [0.4, 0.5) is 0 Å². The molecular weight excluding hydrogens is 270 g/mol. The minimum atomic E-state index is -1.29. The number of aliphatic carboxylic acids is 1. The van der Waals surface area contributed by atoms with Gasteiger partial charge in [-0.15, -0.1) is 0 Å². The molecule has 0 saturated carbocycles. The molecule has 2 fully saturated rings. The number of carboxylic acids is 1. The Labute approximate surface area is 116 Å². The Morgan fingerprint density at radius 1 is 1.35 bits per heavy atom. The summed E-state index contributed by atoms with van der Waals surface area (Å²) in [7, 11) is 2.91. The van der Waals surface area contributed by atoms with Crippen molar-refractivity contribution in [3.8, 4) is 0 Å². The van der Waals surface area contributed by atoms with Gasteiger partial charge in [0.15, 0.2) is 12.1 Å². The number of nitrogens with one attached hydrogen (secondary N) is 1. The Hall–Kier alpha value is -0.770. The van der Waals surface area contributed by atoms with Crippen LogP contribution in [0, 0.1) is 0 Å². The van der Waals surface area contributed by atoms with Crippen molar-refractivity contribution in [3.63, 3.8) is 0 Å². The van der Waals surface area contributed by atoms with Gasteiger partial charge >= 0.3 is 5.97 Å². The van der Waals surface area contributed by atoms with E-state index in [9.17, 15) is 9.90 Å². The molecule has 2 rings (SSSR count). The van der Waals surface area contributed by atoms with Gasteiger partial charge in [-0.05, 0) is 20.9 Å². The molecule has 8 nitrogen and oxygen atoms in total. The van der Waals surface area contributed by atoms with Crippen molar-refractivity contribution in [2.75, 3.05) is 14.2 Å². The lowest BCUT2D eigenvalue weighted by atomic mass is 10.00. The molecule has 0 aromatic heterocycles. The van der Waals surface area contributed by atoms with E-state index in [2.05, 4.69) is 5.32 Å². The number of aliphatic hydroxyl groups excluding tert-OH is 1. The number of fused-ring (bicyclic) bond motifs is 1. The van der Waals surface area contributed by atoms with Gasteiger partial charge in [-0.1, -0.05) is 0 Å². The highest BCUT2D eigenvalue weighted by Crippen LogP contribution is 2.40. The Morgan fingerprint density at radius 3 is 2.45 bits per heavy atom. The monoisotopic (exact) mass is 291 g/mol. The normalized spacial score (nSPS) is 38.5. The van der Waals surface area contributed by atoms with E-state index in [-0.39, 0.29) is 0 Å². The number of methoxy groups -OCH3 is 1. The van der Waals surface area contributed by atoms with Gasteiger partial charge in [-0.25, -0.2) is 0 Å². The number of hydrogen-bond donors (Lipinski definition) is 3. The summed E-state index contributed by atoms with van der Waals surface area (Å²) in [5, 5.41) is 21.9. The quantitative estimate of drug-likeness (QED) is 0.587. The summed E-state index contributed by atoms with van der Waals surface area (Å²) < 4.78 is 22.1. The predicted octanol–water partition coefficient (Wildman–Crippen LogP) is -1.09. The summed E-state index contributed by atoms with van der Waals surface area (Å²) in [5.74, 6) is -1.99. The summed E-state index contributed by atoms with van der Waals surface area (Å²) >= 11 is 0. The van der Waals surface area contributed by atoms with Crippen molar-refractivity contribution in [3.05, 3.63) is 0 Å². The van der Waals surface area contributed by atoms with E-state index in [0.717, 1.165) is 0 Å². The Kier molecular flexibility index (Phi) is 4.33. The molecule has 2 aliphatic rings. The number of carbonyl (C=O) groups is 1. The fraction of sp³-hybridized carbons (Fsp3) is 0.917. The van der Waals surface area contributed by atoms with Crippen LogP contribution < -0.4 is 5.32 Å². The standard InChI is InChI=1S/C12H21NO7/c1-12(2)19-8-7(6(14)5(13-3)10(15)16)18-11(17-4)9(8)20-12/h5-9,11,13-14H,1-4H3,(H,15,16)/t5-,6-,7-,8-,9-,11-/m1/s1. The zero-order valence-electron chi connectivity index (χ0n) is 11.9. The lowest BCUT2D eigenvalue weighted by Crippen LogP contribution is -2.53. The van der Waals surface area contributed by atoms with Crippen molar-refractivity contribution >= 4 is 5.97 Å². The third kappa shape index (κ3) is 2.67. The van der Waals surface area contributed by atoms with Crippen molar-refractivity contribution < 1.29 is 34.0 Å². The minimum absolute atomic E-state index is 0.499. The highest BCUT2D eigenvalue weighted by Gasteiger charge is 2.58. The van der Waals surface area contributed by atoms with E-state index in [4.69, 9.17) is 24.1 Å². The molecule has 0 spiro atoms. The van der Waals surface area contributed by atoms with Gasteiger partial charge in [0.05, 0.1) is 0 Å². The third-order valence-corrected chi connectivity index (χ3v) is 3.53. The van der Waals surface area contributed by atoms with Gasteiger partial charge < -0.3 is 34.5 Å². The fourth-order valence-electron chi connectivity index (χ4n) is 2.69. The molecule has 2 aliphatic heterocycles. The lowest BCUT2D eigenvalue weighted by Gasteiger charge is -2.28. The van der Waals surface area contributed by atoms with Crippen molar-refractivity contribution in [1.82, 2.24) is 5.32 Å². The molecular formula is C12H21NO7. The van der Waals surface area contributed by atoms with E-state index >= 15 is 0 Å². The number of likely N-dealkylation sites (N-methyl/N-ethyl adjacent to an activating group) is 1. The fourth-order valence-corrected chi connectivity index (χ4v) is 2.69. The third-order valence-electron chi connectivity index (χ3n) is 3.53. The first-order valence-electron chi connectivity index (χ1n) is 6.42. The van der Waals surface area contributed by atoms with Gasteiger partial charge in [0.1, 0.15) is 30.5 Å². The molecule has 2 heterocycles. The molecule has 3 N–H and O–H groups in total. The molecule has 8 heteroatoms. The van der Waals surface area contributed by atoms with Crippen molar-refractivity contribution in [1.29, 1.82) is 0 Å². The van der Waals surface area contributed by atoms with Crippen molar-refractivity contribution in [2.24, 2.45) is 0 Å². The van der Waals surface area contributed by atoms with Gasteiger partial charge in [0.25, 0.3) is 0 Å². The predicted molar refractivity (Wildman–Crippen MR) is 66.0 cm³/mol. The average molecular weight is 291 g/mol. The Balaban J connectivity index is 2.18. The summed E-state index contributed by atoms with van der Waals surface area (Å²) in [4.78, 5) is 11.1. The van der Waals surface area contributed by atoms with E-state index in [1.54, 1.807) is 13.8 Å². The zero-order chi connectivity index (χ0) is 15.1. The van der Waals surface area contributed by atoms with Gasteiger partial charge in [0.2, 0.25) is 0 Å². The van der Waals surface area contributed by atoms with Crippen LogP contribution in [0.2, 0.25) is 0 Å².